The highest BCUT2D eigenvalue weighted by atomic mass is 16.5. The van der Waals surface area contributed by atoms with Gasteiger partial charge in [0.1, 0.15) is 0 Å². The number of hydrogen-bond acceptors (Lipinski definition) is 3. The van der Waals surface area contributed by atoms with Crippen molar-refractivity contribution >= 4 is 11.8 Å². The predicted molar refractivity (Wildman–Crippen MR) is 59.7 cm³/mol. The first-order chi connectivity index (χ1) is 7.43. The van der Waals surface area contributed by atoms with Crippen LogP contribution in [-0.2, 0) is 14.3 Å². The Hall–Kier alpha value is -1.12. The Bertz CT molecular complexity index is 365. The van der Waals surface area contributed by atoms with Crippen LogP contribution in [0.15, 0.2) is 11.6 Å². The van der Waals surface area contributed by atoms with Gasteiger partial charge in [-0.15, -0.1) is 0 Å². The summed E-state index contributed by atoms with van der Waals surface area (Å²) < 4.78 is 4.72. The minimum atomic E-state index is -0.137. The summed E-state index contributed by atoms with van der Waals surface area (Å²) in [5.41, 5.74) is 1.20. The third-order valence-electron chi connectivity index (χ3n) is 3.45. The van der Waals surface area contributed by atoms with Gasteiger partial charge in [-0.1, -0.05) is 19.4 Å². The normalized spacial score (nSPS) is 31.9. The first-order valence-corrected chi connectivity index (χ1v) is 5.74. The van der Waals surface area contributed by atoms with Crippen LogP contribution in [0.25, 0.3) is 0 Å². The van der Waals surface area contributed by atoms with E-state index in [1.165, 1.54) is 7.11 Å². The van der Waals surface area contributed by atoms with E-state index in [4.69, 9.17) is 4.74 Å². The summed E-state index contributed by atoms with van der Waals surface area (Å²) in [6.07, 6.45) is 4.14. The summed E-state index contributed by atoms with van der Waals surface area (Å²) in [5, 5.41) is 0. The van der Waals surface area contributed by atoms with Crippen molar-refractivity contribution in [2.24, 2.45) is 17.3 Å². The molecule has 0 amide bonds. The van der Waals surface area contributed by atoms with E-state index in [-0.39, 0.29) is 29.0 Å². The maximum atomic E-state index is 11.6. The number of allylic oxidation sites excluding steroid dienone is 2. The van der Waals surface area contributed by atoms with Crippen molar-refractivity contribution in [1.29, 1.82) is 0 Å². The Morgan fingerprint density at radius 2 is 2.12 bits per heavy atom. The van der Waals surface area contributed by atoms with Gasteiger partial charge >= 0.3 is 5.97 Å². The molecule has 2 aliphatic carbocycles. The zero-order valence-corrected chi connectivity index (χ0v) is 10.1. The average molecular weight is 222 g/mol. The molecule has 0 aliphatic heterocycles. The summed E-state index contributed by atoms with van der Waals surface area (Å²) >= 11 is 0. The first-order valence-electron chi connectivity index (χ1n) is 5.74. The lowest BCUT2D eigenvalue weighted by Crippen LogP contribution is -2.23. The molecule has 0 aromatic heterocycles. The molecule has 0 radical (unpaired) electrons. The summed E-state index contributed by atoms with van der Waals surface area (Å²) in [6.45, 7) is 4.21. The molecule has 2 rings (SSSR count). The molecular formula is C13H18O3. The van der Waals surface area contributed by atoms with Crippen LogP contribution in [0, 0.1) is 17.3 Å². The quantitative estimate of drug-likeness (QED) is 0.672. The molecule has 16 heavy (non-hydrogen) atoms. The zero-order valence-electron chi connectivity index (χ0n) is 10.1. The second-order valence-electron chi connectivity index (χ2n) is 5.68. The molecule has 0 N–H and O–H groups in total. The molecular weight excluding hydrogens is 204 g/mol. The topological polar surface area (TPSA) is 43.4 Å². The van der Waals surface area contributed by atoms with Crippen LogP contribution < -0.4 is 0 Å². The Labute approximate surface area is 95.9 Å². The molecule has 3 nitrogen and oxygen atoms in total. The van der Waals surface area contributed by atoms with Crippen LogP contribution in [0.2, 0.25) is 0 Å². The van der Waals surface area contributed by atoms with E-state index >= 15 is 0 Å². The van der Waals surface area contributed by atoms with E-state index in [0.717, 1.165) is 18.4 Å². The van der Waals surface area contributed by atoms with Crippen LogP contribution in [0.1, 0.15) is 33.1 Å². The van der Waals surface area contributed by atoms with E-state index in [1.807, 2.05) is 0 Å². The van der Waals surface area contributed by atoms with Gasteiger partial charge in [0.05, 0.1) is 13.0 Å². The van der Waals surface area contributed by atoms with Gasteiger partial charge in [-0.25, -0.2) is 0 Å². The van der Waals surface area contributed by atoms with Crippen molar-refractivity contribution in [3.05, 3.63) is 11.6 Å². The van der Waals surface area contributed by atoms with Crippen LogP contribution in [0.5, 0.6) is 0 Å². The Balaban J connectivity index is 2.07. The van der Waals surface area contributed by atoms with E-state index in [1.54, 1.807) is 6.08 Å². The molecule has 0 unspecified atom stereocenters. The zero-order chi connectivity index (χ0) is 11.9. The van der Waals surface area contributed by atoms with Gasteiger partial charge in [0.15, 0.2) is 5.78 Å². The molecule has 0 aromatic rings. The van der Waals surface area contributed by atoms with Gasteiger partial charge in [-0.3, -0.25) is 9.59 Å². The molecule has 88 valence electrons. The van der Waals surface area contributed by atoms with E-state index in [0.29, 0.717) is 6.42 Å². The van der Waals surface area contributed by atoms with Crippen molar-refractivity contribution in [3.63, 3.8) is 0 Å². The van der Waals surface area contributed by atoms with Crippen LogP contribution in [-0.4, -0.2) is 18.9 Å². The lowest BCUT2D eigenvalue weighted by molar-refractivity contribution is -0.142. The summed E-state index contributed by atoms with van der Waals surface area (Å²) in [4.78, 5) is 22.9. The minimum absolute atomic E-state index is 0.00190. The van der Waals surface area contributed by atoms with Crippen LogP contribution in [0.4, 0.5) is 0 Å². The molecule has 0 aromatic carbocycles. The maximum absolute atomic E-state index is 11.6. The van der Waals surface area contributed by atoms with E-state index in [2.05, 4.69) is 13.8 Å². The molecule has 2 aliphatic rings. The van der Waals surface area contributed by atoms with Crippen molar-refractivity contribution in [1.82, 2.24) is 0 Å². The number of carbonyl (C=O) groups excluding carboxylic acids is 2. The lowest BCUT2D eigenvalue weighted by Gasteiger charge is -2.29. The number of ketones is 1. The molecule has 1 fully saturated rings. The van der Waals surface area contributed by atoms with Gasteiger partial charge < -0.3 is 4.74 Å². The molecule has 3 heteroatoms. The van der Waals surface area contributed by atoms with Crippen LogP contribution in [0.3, 0.4) is 0 Å². The highest BCUT2D eigenvalue weighted by Crippen LogP contribution is 2.50. The second kappa shape index (κ2) is 3.72. The van der Waals surface area contributed by atoms with Crippen molar-refractivity contribution in [2.45, 2.75) is 33.1 Å². The highest BCUT2D eigenvalue weighted by Gasteiger charge is 2.48. The first kappa shape index (κ1) is 11.4. The SMILES string of the molecule is COC(=O)[C@@H]1C[C@H]1C1=CC(=O)CC(C)(C)C1. The second-order valence-corrected chi connectivity index (χ2v) is 5.68. The number of esters is 1. The molecule has 0 spiro atoms. The number of hydrogen-bond donors (Lipinski definition) is 0. The maximum Gasteiger partial charge on any atom is 0.309 e. The molecule has 1 saturated carbocycles. The summed E-state index contributed by atoms with van der Waals surface area (Å²) in [6, 6.07) is 0. The Morgan fingerprint density at radius 1 is 1.44 bits per heavy atom. The monoisotopic (exact) mass is 222 g/mol. The number of ether oxygens (including phenoxy) is 1. The van der Waals surface area contributed by atoms with Crippen molar-refractivity contribution in [2.75, 3.05) is 7.11 Å². The van der Waals surface area contributed by atoms with Crippen molar-refractivity contribution < 1.29 is 14.3 Å². The predicted octanol–water partition coefficient (Wildman–Crippen LogP) is 2.11. The van der Waals surface area contributed by atoms with Crippen LogP contribution >= 0.6 is 0 Å². The lowest BCUT2D eigenvalue weighted by atomic mass is 9.75. The Kier molecular flexibility index (Phi) is 2.64. The van der Waals surface area contributed by atoms with Gasteiger partial charge in [-0.2, -0.15) is 0 Å². The third kappa shape index (κ3) is 2.18. The average Bonchev–Trinajstić information content (AvgIpc) is 2.92. The third-order valence-corrected chi connectivity index (χ3v) is 3.45. The van der Waals surface area contributed by atoms with Gasteiger partial charge in [0.25, 0.3) is 0 Å². The Morgan fingerprint density at radius 3 is 2.69 bits per heavy atom. The van der Waals surface area contributed by atoms with Crippen molar-refractivity contribution in [3.8, 4) is 0 Å². The summed E-state index contributed by atoms with van der Waals surface area (Å²) in [7, 11) is 1.42. The summed E-state index contributed by atoms with van der Waals surface area (Å²) in [5.74, 6) is 0.317. The molecule has 0 bridgehead atoms. The molecule has 0 heterocycles. The largest absolute Gasteiger partial charge is 0.469 e. The van der Waals surface area contributed by atoms with Gasteiger partial charge in [-0.05, 0) is 30.3 Å². The number of rotatable bonds is 2. The molecule has 2 atom stereocenters. The smallest absolute Gasteiger partial charge is 0.309 e. The van der Waals surface area contributed by atoms with Gasteiger partial charge in [0, 0.05) is 6.42 Å². The highest BCUT2D eigenvalue weighted by molar-refractivity contribution is 5.92. The standard InChI is InChI=1S/C13H18O3/c1-13(2)6-8(4-9(14)7-13)10-5-11(10)12(15)16-3/h4,10-11H,5-7H2,1-3H3/t10-,11+/m0/s1. The van der Waals surface area contributed by atoms with E-state index < -0.39 is 0 Å². The fraction of sp³-hybridized carbons (Fsp3) is 0.692. The fourth-order valence-electron chi connectivity index (χ4n) is 2.65. The van der Waals surface area contributed by atoms with Gasteiger partial charge in [0.2, 0.25) is 0 Å². The fourth-order valence-corrected chi connectivity index (χ4v) is 2.65. The minimum Gasteiger partial charge on any atom is -0.469 e. The number of carbonyl (C=O) groups is 2. The number of methoxy groups -OCH3 is 1. The van der Waals surface area contributed by atoms with E-state index in [9.17, 15) is 9.59 Å². The molecule has 0 saturated heterocycles.